The van der Waals surface area contributed by atoms with Gasteiger partial charge in [0, 0.05) is 7.05 Å². The number of hydrogen-bond donors (Lipinski definition) is 2. The molecule has 1 heterocycles. The molecule has 1 aromatic rings. The molecule has 0 bridgehead atoms. The Morgan fingerprint density at radius 1 is 1.64 bits per heavy atom. The third kappa shape index (κ3) is 2.47. The van der Waals surface area contributed by atoms with Crippen molar-refractivity contribution in [3.05, 3.63) is 16.9 Å². The highest BCUT2D eigenvalue weighted by Gasteiger charge is 2.18. The topological polar surface area (TPSA) is 55.9 Å². The fourth-order valence-corrected chi connectivity index (χ4v) is 1.84. The first kappa shape index (κ1) is 11.5. The van der Waals surface area contributed by atoms with Gasteiger partial charge in [0.25, 0.3) is 0 Å². The number of rotatable bonds is 4. The minimum absolute atomic E-state index is 0.0648. The van der Waals surface area contributed by atoms with E-state index in [2.05, 4.69) is 24.4 Å². The van der Waals surface area contributed by atoms with Crippen molar-refractivity contribution in [2.75, 3.05) is 0 Å². The van der Waals surface area contributed by atoms with Crippen molar-refractivity contribution in [1.82, 2.24) is 15.2 Å². The summed E-state index contributed by atoms with van der Waals surface area (Å²) >= 11 is 6.02. The summed E-state index contributed by atoms with van der Waals surface area (Å²) in [7, 11) is 1.87. The molecule has 0 aliphatic heterocycles. The van der Waals surface area contributed by atoms with Gasteiger partial charge in [0.05, 0.1) is 23.0 Å². The molecule has 0 aromatic carbocycles. The molecule has 1 unspecified atom stereocenters. The van der Waals surface area contributed by atoms with Crippen LogP contribution >= 0.6 is 11.6 Å². The summed E-state index contributed by atoms with van der Waals surface area (Å²) in [4.78, 5) is 0. The van der Waals surface area contributed by atoms with Gasteiger partial charge in [-0.15, -0.1) is 0 Å². The van der Waals surface area contributed by atoms with Gasteiger partial charge < -0.3 is 0 Å². The summed E-state index contributed by atoms with van der Waals surface area (Å²) in [6.07, 6.45) is 2.58. The van der Waals surface area contributed by atoms with Gasteiger partial charge in [-0.2, -0.15) is 5.10 Å². The molecule has 0 fully saturated rings. The molecule has 0 aliphatic carbocycles. The summed E-state index contributed by atoms with van der Waals surface area (Å²) in [5.74, 6) is 6.06. The Labute approximate surface area is 89.4 Å². The quantitative estimate of drug-likeness (QED) is 0.594. The molecule has 0 saturated heterocycles. The molecule has 5 heteroatoms. The maximum Gasteiger partial charge on any atom is 0.0834 e. The third-order valence-corrected chi connectivity index (χ3v) is 2.47. The second-order valence-electron chi connectivity index (χ2n) is 3.85. The van der Waals surface area contributed by atoms with Crippen LogP contribution in [0, 0.1) is 5.92 Å². The second kappa shape index (κ2) is 4.77. The zero-order valence-corrected chi connectivity index (χ0v) is 9.54. The number of hydrogen-bond acceptors (Lipinski definition) is 3. The molecular formula is C9H17ClN4. The summed E-state index contributed by atoms with van der Waals surface area (Å²) in [6, 6.07) is 0.0648. The van der Waals surface area contributed by atoms with E-state index in [-0.39, 0.29) is 6.04 Å². The van der Waals surface area contributed by atoms with Crippen LogP contribution in [0.4, 0.5) is 0 Å². The van der Waals surface area contributed by atoms with E-state index >= 15 is 0 Å². The van der Waals surface area contributed by atoms with E-state index in [0.717, 1.165) is 12.1 Å². The molecule has 0 spiro atoms. The summed E-state index contributed by atoms with van der Waals surface area (Å²) in [6.45, 7) is 4.29. The molecular weight excluding hydrogens is 200 g/mol. The van der Waals surface area contributed by atoms with Crippen LogP contribution in [0.25, 0.3) is 0 Å². The molecule has 3 N–H and O–H groups in total. The zero-order valence-electron chi connectivity index (χ0n) is 8.79. The monoisotopic (exact) mass is 216 g/mol. The van der Waals surface area contributed by atoms with Crippen molar-refractivity contribution in [2.45, 2.75) is 26.3 Å². The number of nitrogens with two attached hydrogens (primary N) is 1. The largest absolute Gasteiger partial charge is 0.271 e. The van der Waals surface area contributed by atoms with Gasteiger partial charge in [-0.3, -0.25) is 16.0 Å². The highest BCUT2D eigenvalue weighted by Crippen LogP contribution is 2.26. The van der Waals surface area contributed by atoms with E-state index in [1.54, 1.807) is 10.9 Å². The Hall–Kier alpha value is -0.580. The number of hydrazine groups is 1. The molecule has 14 heavy (non-hydrogen) atoms. The highest BCUT2D eigenvalue weighted by atomic mass is 35.5. The van der Waals surface area contributed by atoms with Gasteiger partial charge in [0.2, 0.25) is 0 Å². The van der Waals surface area contributed by atoms with Crippen LogP contribution in [-0.2, 0) is 7.05 Å². The lowest BCUT2D eigenvalue weighted by Gasteiger charge is -2.18. The Bertz CT molecular complexity index is 276. The van der Waals surface area contributed by atoms with Gasteiger partial charge in [-0.1, -0.05) is 25.4 Å². The second-order valence-corrected chi connectivity index (χ2v) is 4.26. The normalized spacial score (nSPS) is 13.6. The minimum atomic E-state index is 0.0648. The molecule has 0 aliphatic rings. The van der Waals surface area contributed by atoms with Crippen molar-refractivity contribution in [3.63, 3.8) is 0 Å². The maximum absolute atomic E-state index is 6.02. The molecule has 1 aromatic heterocycles. The average molecular weight is 217 g/mol. The zero-order chi connectivity index (χ0) is 10.7. The van der Waals surface area contributed by atoms with Crippen LogP contribution in [0.2, 0.25) is 5.02 Å². The van der Waals surface area contributed by atoms with E-state index in [9.17, 15) is 0 Å². The molecule has 1 rings (SSSR count). The van der Waals surface area contributed by atoms with Crippen LogP contribution in [0.5, 0.6) is 0 Å². The number of nitrogens with one attached hydrogen (secondary N) is 1. The number of aromatic nitrogens is 2. The summed E-state index contributed by atoms with van der Waals surface area (Å²) < 4.78 is 1.76. The first-order chi connectivity index (χ1) is 6.56. The molecule has 4 nitrogen and oxygen atoms in total. The number of nitrogens with zero attached hydrogens (tertiary/aromatic N) is 2. The molecule has 80 valence electrons. The molecule has 1 atom stereocenters. The van der Waals surface area contributed by atoms with Gasteiger partial charge in [0.15, 0.2) is 0 Å². The van der Waals surface area contributed by atoms with E-state index in [1.807, 2.05) is 7.05 Å². The van der Waals surface area contributed by atoms with Crippen molar-refractivity contribution in [1.29, 1.82) is 0 Å². The fraction of sp³-hybridized carbons (Fsp3) is 0.667. The average Bonchev–Trinajstić information content (AvgIpc) is 2.43. The molecule has 0 amide bonds. The highest BCUT2D eigenvalue weighted by molar-refractivity contribution is 6.31. The fourth-order valence-electron chi connectivity index (χ4n) is 1.54. The van der Waals surface area contributed by atoms with E-state index < -0.39 is 0 Å². The van der Waals surface area contributed by atoms with Gasteiger partial charge in [-0.05, 0) is 12.3 Å². The van der Waals surface area contributed by atoms with Crippen LogP contribution in [0.1, 0.15) is 32.0 Å². The van der Waals surface area contributed by atoms with Crippen molar-refractivity contribution in [3.8, 4) is 0 Å². The lowest BCUT2D eigenvalue weighted by molar-refractivity contribution is 0.417. The van der Waals surface area contributed by atoms with Crippen LogP contribution in [-0.4, -0.2) is 9.78 Å². The van der Waals surface area contributed by atoms with Crippen LogP contribution in [0.15, 0.2) is 6.20 Å². The van der Waals surface area contributed by atoms with E-state index in [4.69, 9.17) is 17.4 Å². The predicted octanol–water partition coefficient (Wildman–Crippen LogP) is 1.62. The summed E-state index contributed by atoms with van der Waals surface area (Å²) in [5, 5.41) is 4.74. The third-order valence-electron chi connectivity index (χ3n) is 2.18. The van der Waals surface area contributed by atoms with Crippen LogP contribution in [0.3, 0.4) is 0 Å². The SMILES string of the molecule is CC(C)CC(NN)c1c(Cl)cnn1C. The van der Waals surface area contributed by atoms with Crippen molar-refractivity contribution < 1.29 is 0 Å². The predicted molar refractivity (Wildman–Crippen MR) is 57.7 cm³/mol. The number of halogens is 1. The van der Waals surface area contributed by atoms with Gasteiger partial charge in [0.1, 0.15) is 0 Å². The Balaban J connectivity index is 2.88. The molecule has 0 saturated carbocycles. The Kier molecular flexibility index (Phi) is 3.92. The minimum Gasteiger partial charge on any atom is -0.271 e. The lowest BCUT2D eigenvalue weighted by Crippen LogP contribution is -2.30. The first-order valence-electron chi connectivity index (χ1n) is 4.69. The standard InChI is InChI=1S/C9H17ClN4/c1-6(2)4-8(13-11)9-7(10)5-12-14(9)3/h5-6,8,13H,4,11H2,1-3H3. The number of aryl methyl sites for hydroxylation is 1. The van der Waals surface area contributed by atoms with E-state index in [1.165, 1.54) is 0 Å². The first-order valence-corrected chi connectivity index (χ1v) is 5.07. The van der Waals surface area contributed by atoms with Crippen molar-refractivity contribution >= 4 is 11.6 Å². The van der Waals surface area contributed by atoms with Crippen LogP contribution < -0.4 is 11.3 Å². The van der Waals surface area contributed by atoms with Gasteiger partial charge >= 0.3 is 0 Å². The van der Waals surface area contributed by atoms with Crippen molar-refractivity contribution in [2.24, 2.45) is 18.8 Å². The Morgan fingerprint density at radius 3 is 2.64 bits per heavy atom. The summed E-state index contributed by atoms with van der Waals surface area (Å²) in [5.41, 5.74) is 3.72. The molecule has 0 radical (unpaired) electrons. The van der Waals surface area contributed by atoms with E-state index in [0.29, 0.717) is 10.9 Å². The maximum atomic E-state index is 6.02. The Morgan fingerprint density at radius 2 is 2.29 bits per heavy atom. The lowest BCUT2D eigenvalue weighted by atomic mass is 10.0. The smallest absolute Gasteiger partial charge is 0.0834 e. The van der Waals surface area contributed by atoms with Gasteiger partial charge in [-0.25, -0.2) is 0 Å².